The van der Waals surface area contributed by atoms with Crippen LogP contribution in [0.1, 0.15) is 22.3 Å². The highest BCUT2D eigenvalue weighted by Crippen LogP contribution is 2.25. The fourth-order valence-electron chi connectivity index (χ4n) is 3.77. The molecule has 4 rings (SSSR count). The Labute approximate surface area is 181 Å². The number of thiophene rings is 1. The summed E-state index contributed by atoms with van der Waals surface area (Å²) in [6.45, 7) is 4.83. The van der Waals surface area contributed by atoms with Crippen molar-refractivity contribution >= 4 is 33.1 Å². The molecule has 0 radical (unpaired) electrons. The number of aromatic amines is 1. The van der Waals surface area contributed by atoms with E-state index in [0.717, 1.165) is 16.0 Å². The van der Waals surface area contributed by atoms with Crippen LogP contribution < -0.4 is 21.5 Å². The smallest absolute Gasteiger partial charge is 0.328 e. The Bertz CT molecular complexity index is 1270. The molecule has 1 aliphatic heterocycles. The highest BCUT2D eigenvalue weighted by Gasteiger charge is 2.26. The molecule has 3 aromatic heterocycles. The number of halogens is 1. The second kappa shape index (κ2) is 8.23. The second-order valence-electron chi connectivity index (χ2n) is 7.62. The lowest BCUT2D eigenvalue weighted by Gasteiger charge is -2.40. The lowest BCUT2D eigenvalue weighted by molar-refractivity contribution is 0.0953. The van der Waals surface area contributed by atoms with Gasteiger partial charge in [-0.1, -0.05) is 0 Å². The van der Waals surface area contributed by atoms with Crippen molar-refractivity contribution in [1.29, 1.82) is 0 Å². The lowest BCUT2D eigenvalue weighted by atomic mass is 10.1. The van der Waals surface area contributed by atoms with E-state index >= 15 is 0 Å². The molecule has 0 aliphatic carbocycles. The maximum absolute atomic E-state index is 14.3. The van der Waals surface area contributed by atoms with Crippen LogP contribution in [-0.2, 0) is 13.6 Å². The summed E-state index contributed by atoms with van der Waals surface area (Å²) in [7, 11) is 2.89. The quantitative estimate of drug-likeness (QED) is 0.617. The molecule has 0 bridgehead atoms. The van der Waals surface area contributed by atoms with Gasteiger partial charge < -0.3 is 15.2 Å². The topological polar surface area (TPSA) is 103 Å². The highest BCUT2D eigenvalue weighted by molar-refractivity contribution is 7.18. The standard InChI is InChI=1S/C20H23FN6O3S/c1-11-9-27(12-6-14(21)16(23-8-12)18(28)22-2)5-4-26(11)10-13-7-15-17(31-13)19(29)25(3)20(30)24-15/h6-8,11H,4-5,9-10H2,1-3H3,(H,22,28)(H,24,30). The largest absolute Gasteiger partial charge is 0.367 e. The minimum atomic E-state index is -0.646. The number of hydrogen-bond acceptors (Lipinski definition) is 7. The maximum atomic E-state index is 14.3. The number of nitrogens with zero attached hydrogens (tertiary/aromatic N) is 4. The first kappa shape index (κ1) is 21.2. The van der Waals surface area contributed by atoms with Gasteiger partial charge in [-0.25, -0.2) is 14.2 Å². The van der Waals surface area contributed by atoms with Gasteiger partial charge in [0.2, 0.25) is 0 Å². The third kappa shape index (κ3) is 3.98. The molecular formula is C20H23FN6O3S. The summed E-state index contributed by atoms with van der Waals surface area (Å²) in [6, 6.07) is 3.37. The number of carbonyl (C=O) groups excluding carboxylic acids is 1. The molecule has 1 amide bonds. The van der Waals surface area contributed by atoms with Crippen molar-refractivity contribution in [2.24, 2.45) is 7.05 Å². The summed E-state index contributed by atoms with van der Waals surface area (Å²) >= 11 is 1.39. The van der Waals surface area contributed by atoms with Crippen molar-refractivity contribution in [2.45, 2.75) is 19.5 Å². The average molecular weight is 447 g/mol. The van der Waals surface area contributed by atoms with E-state index in [9.17, 15) is 18.8 Å². The fourth-order valence-corrected chi connectivity index (χ4v) is 4.88. The van der Waals surface area contributed by atoms with E-state index in [1.165, 1.54) is 37.7 Å². The first-order chi connectivity index (χ1) is 14.8. The molecule has 1 saturated heterocycles. The van der Waals surface area contributed by atoms with Gasteiger partial charge in [0, 0.05) is 57.3 Å². The van der Waals surface area contributed by atoms with E-state index < -0.39 is 17.4 Å². The van der Waals surface area contributed by atoms with E-state index in [0.29, 0.717) is 35.5 Å². The van der Waals surface area contributed by atoms with Crippen LogP contribution in [0, 0.1) is 5.82 Å². The van der Waals surface area contributed by atoms with Crippen molar-refractivity contribution in [3.05, 3.63) is 55.6 Å². The Hall–Kier alpha value is -3.05. The molecule has 0 aromatic carbocycles. The molecule has 31 heavy (non-hydrogen) atoms. The van der Waals surface area contributed by atoms with Crippen molar-refractivity contribution in [1.82, 2.24) is 24.8 Å². The molecule has 0 spiro atoms. The van der Waals surface area contributed by atoms with E-state index in [2.05, 4.69) is 27.1 Å². The third-order valence-electron chi connectivity index (χ3n) is 5.59. The maximum Gasteiger partial charge on any atom is 0.328 e. The second-order valence-corrected chi connectivity index (χ2v) is 8.76. The van der Waals surface area contributed by atoms with Crippen LogP contribution in [0.25, 0.3) is 10.2 Å². The van der Waals surface area contributed by atoms with Gasteiger partial charge in [0.1, 0.15) is 4.70 Å². The molecule has 1 aliphatic rings. The Kier molecular flexibility index (Phi) is 5.63. The number of anilines is 1. The first-order valence-corrected chi connectivity index (χ1v) is 10.7. The van der Waals surface area contributed by atoms with Crippen molar-refractivity contribution in [3.63, 3.8) is 0 Å². The van der Waals surface area contributed by atoms with Gasteiger partial charge in [0.25, 0.3) is 11.5 Å². The van der Waals surface area contributed by atoms with Gasteiger partial charge in [-0.05, 0) is 13.0 Å². The van der Waals surface area contributed by atoms with Crippen LogP contribution in [0.2, 0.25) is 0 Å². The molecule has 9 nitrogen and oxygen atoms in total. The Morgan fingerprint density at radius 1 is 1.35 bits per heavy atom. The summed E-state index contributed by atoms with van der Waals surface area (Å²) < 4.78 is 15.9. The number of hydrogen-bond donors (Lipinski definition) is 2. The SMILES string of the molecule is CNC(=O)c1ncc(N2CCN(Cc3cc4[nH]c(=O)n(C)c(=O)c4s3)C(C)C2)cc1F. The van der Waals surface area contributed by atoms with Crippen LogP contribution in [-0.4, -0.2) is 58.1 Å². The summed E-state index contributed by atoms with van der Waals surface area (Å²) in [4.78, 5) is 47.8. The molecule has 2 N–H and O–H groups in total. The molecular weight excluding hydrogens is 423 g/mol. The normalized spacial score (nSPS) is 17.3. The van der Waals surface area contributed by atoms with E-state index in [1.54, 1.807) is 0 Å². The average Bonchev–Trinajstić information content (AvgIpc) is 3.15. The minimum Gasteiger partial charge on any atom is -0.367 e. The molecule has 11 heteroatoms. The number of carbonyl (C=O) groups is 1. The van der Waals surface area contributed by atoms with E-state index in [1.807, 2.05) is 11.0 Å². The summed E-state index contributed by atoms with van der Waals surface area (Å²) in [5.74, 6) is -1.20. The molecule has 0 saturated carbocycles. The summed E-state index contributed by atoms with van der Waals surface area (Å²) in [6.07, 6.45) is 1.52. The molecule has 164 valence electrons. The molecule has 1 fully saturated rings. The van der Waals surface area contributed by atoms with Crippen LogP contribution in [0.4, 0.5) is 10.1 Å². The van der Waals surface area contributed by atoms with Gasteiger partial charge in [-0.3, -0.25) is 19.1 Å². The van der Waals surface area contributed by atoms with Crippen LogP contribution in [0.5, 0.6) is 0 Å². The fraction of sp³-hybridized carbons (Fsp3) is 0.400. The molecule has 1 unspecified atom stereocenters. The van der Waals surface area contributed by atoms with Gasteiger partial charge >= 0.3 is 5.69 Å². The number of aromatic nitrogens is 3. The summed E-state index contributed by atoms with van der Waals surface area (Å²) in [5, 5.41) is 2.38. The van der Waals surface area contributed by atoms with Gasteiger partial charge in [-0.15, -0.1) is 11.3 Å². The van der Waals surface area contributed by atoms with Gasteiger partial charge in [0.05, 0.1) is 17.4 Å². The van der Waals surface area contributed by atoms with Crippen LogP contribution in [0.15, 0.2) is 27.9 Å². The number of amides is 1. The predicted molar refractivity (Wildman–Crippen MR) is 117 cm³/mol. The molecule has 4 heterocycles. The molecule has 3 aromatic rings. The monoisotopic (exact) mass is 446 g/mol. The van der Waals surface area contributed by atoms with Gasteiger partial charge in [0.15, 0.2) is 11.5 Å². The van der Waals surface area contributed by atoms with Crippen LogP contribution >= 0.6 is 11.3 Å². The minimum absolute atomic E-state index is 0.169. The zero-order valence-corrected chi connectivity index (χ0v) is 18.3. The first-order valence-electron chi connectivity index (χ1n) is 9.87. The van der Waals surface area contributed by atoms with Crippen LogP contribution in [0.3, 0.4) is 0 Å². The summed E-state index contributed by atoms with van der Waals surface area (Å²) in [5.41, 5.74) is 0.276. The Morgan fingerprint density at radius 2 is 2.13 bits per heavy atom. The Balaban J connectivity index is 1.48. The third-order valence-corrected chi connectivity index (χ3v) is 6.69. The predicted octanol–water partition coefficient (Wildman–Crippen LogP) is 0.893. The zero-order chi connectivity index (χ0) is 22.3. The van der Waals surface area contributed by atoms with Crippen molar-refractivity contribution in [3.8, 4) is 0 Å². The lowest BCUT2D eigenvalue weighted by Crippen LogP contribution is -2.51. The van der Waals surface area contributed by atoms with Crippen molar-refractivity contribution < 1.29 is 9.18 Å². The number of H-pyrrole nitrogens is 1. The number of pyridine rings is 1. The highest BCUT2D eigenvalue weighted by atomic mass is 32.1. The Morgan fingerprint density at radius 3 is 2.81 bits per heavy atom. The molecule has 1 atom stereocenters. The number of fused-ring (bicyclic) bond motifs is 1. The zero-order valence-electron chi connectivity index (χ0n) is 17.4. The van der Waals surface area contributed by atoms with Gasteiger partial charge in [-0.2, -0.15) is 0 Å². The number of nitrogens with one attached hydrogen (secondary N) is 2. The van der Waals surface area contributed by atoms with E-state index in [-0.39, 0.29) is 17.3 Å². The van der Waals surface area contributed by atoms with E-state index in [4.69, 9.17) is 0 Å². The number of piperazine rings is 1. The van der Waals surface area contributed by atoms with Crippen molar-refractivity contribution in [2.75, 3.05) is 31.6 Å². The number of rotatable bonds is 4.